The number of carbonyl (C=O) groups excluding carboxylic acids is 1. The third-order valence-corrected chi connectivity index (χ3v) is 5.53. The van der Waals surface area contributed by atoms with Crippen molar-refractivity contribution in [1.82, 2.24) is 9.97 Å². The standard InChI is InChI=1S/C17H16BrClIN3O2/c1-17(2,3)25-16(24)23(4)11-6-10(19)13(18)12-9-5-8(20)7-21-15(9)22-14(11)12/h5-7H,1-4H3,(H,21,22). The molecule has 25 heavy (non-hydrogen) atoms. The van der Waals surface area contributed by atoms with Crippen molar-refractivity contribution < 1.29 is 9.53 Å². The number of pyridine rings is 1. The van der Waals surface area contributed by atoms with E-state index in [4.69, 9.17) is 16.3 Å². The van der Waals surface area contributed by atoms with Crippen LogP contribution in [-0.2, 0) is 4.74 Å². The molecule has 2 heterocycles. The van der Waals surface area contributed by atoms with E-state index in [1.54, 1.807) is 19.3 Å². The monoisotopic (exact) mass is 535 g/mol. The molecule has 2 aromatic heterocycles. The van der Waals surface area contributed by atoms with Crippen LogP contribution in [-0.4, -0.2) is 28.7 Å². The number of hydrogen-bond acceptors (Lipinski definition) is 3. The molecule has 0 spiro atoms. The topological polar surface area (TPSA) is 58.2 Å². The smallest absolute Gasteiger partial charge is 0.414 e. The van der Waals surface area contributed by atoms with Gasteiger partial charge in [0.1, 0.15) is 11.2 Å². The Hall–Kier alpha value is -1.06. The lowest BCUT2D eigenvalue weighted by molar-refractivity contribution is 0.0589. The summed E-state index contributed by atoms with van der Waals surface area (Å²) in [6.45, 7) is 5.49. The van der Waals surface area contributed by atoms with E-state index in [0.717, 1.165) is 30.0 Å². The maximum Gasteiger partial charge on any atom is 0.414 e. The quantitative estimate of drug-likeness (QED) is 0.382. The number of aromatic amines is 1. The third kappa shape index (κ3) is 3.59. The van der Waals surface area contributed by atoms with Gasteiger partial charge in [0, 0.05) is 32.1 Å². The van der Waals surface area contributed by atoms with Gasteiger partial charge < -0.3 is 9.72 Å². The fraction of sp³-hybridized carbons (Fsp3) is 0.294. The molecule has 1 aromatic carbocycles. The van der Waals surface area contributed by atoms with Gasteiger partial charge in [-0.2, -0.15) is 0 Å². The maximum absolute atomic E-state index is 12.5. The number of aromatic nitrogens is 2. The predicted octanol–water partition coefficient (Wildman–Crippen LogP) is 6.11. The highest BCUT2D eigenvalue weighted by Crippen LogP contribution is 2.41. The first-order chi connectivity index (χ1) is 11.6. The zero-order chi connectivity index (χ0) is 18.5. The number of benzene rings is 1. The summed E-state index contributed by atoms with van der Waals surface area (Å²) >= 11 is 12.2. The lowest BCUT2D eigenvalue weighted by atomic mass is 10.1. The van der Waals surface area contributed by atoms with Gasteiger partial charge in [0.25, 0.3) is 0 Å². The normalized spacial score (nSPS) is 12.0. The molecular weight excluding hydrogens is 520 g/mol. The first-order valence-electron chi connectivity index (χ1n) is 7.50. The number of anilines is 1. The number of rotatable bonds is 1. The highest BCUT2D eigenvalue weighted by Gasteiger charge is 2.24. The summed E-state index contributed by atoms with van der Waals surface area (Å²) in [5, 5.41) is 2.34. The first kappa shape index (κ1) is 18.7. The van der Waals surface area contributed by atoms with E-state index >= 15 is 0 Å². The van der Waals surface area contributed by atoms with Crippen LogP contribution in [0.25, 0.3) is 21.9 Å². The van der Waals surface area contributed by atoms with Gasteiger partial charge in [0.15, 0.2) is 0 Å². The van der Waals surface area contributed by atoms with E-state index in [0.29, 0.717) is 10.7 Å². The average molecular weight is 537 g/mol. The van der Waals surface area contributed by atoms with Gasteiger partial charge in [-0.15, -0.1) is 0 Å². The van der Waals surface area contributed by atoms with E-state index in [-0.39, 0.29) is 0 Å². The Morgan fingerprint density at radius 3 is 2.72 bits per heavy atom. The van der Waals surface area contributed by atoms with E-state index in [9.17, 15) is 4.79 Å². The van der Waals surface area contributed by atoms with Crippen LogP contribution in [0.4, 0.5) is 10.5 Å². The third-order valence-electron chi connectivity index (χ3n) is 3.59. The lowest BCUT2D eigenvalue weighted by Gasteiger charge is -2.25. The summed E-state index contributed by atoms with van der Waals surface area (Å²) < 4.78 is 7.25. The predicted molar refractivity (Wildman–Crippen MR) is 114 cm³/mol. The highest BCUT2D eigenvalue weighted by molar-refractivity contribution is 14.1. The molecule has 0 bridgehead atoms. The van der Waals surface area contributed by atoms with Crippen LogP contribution in [0.3, 0.4) is 0 Å². The first-order valence-corrected chi connectivity index (χ1v) is 9.75. The minimum Gasteiger partial charge on any atom is -0.443 e. The number of nitrogens with zero attached hydrogens (tertiary/aromatic N) is 2. The lowest BCUT2D eigenvalue weighted by Crippen LogP contribution is -2.34. The van der Waals surface area contributed by atoms with Crippen LogP contribution in [0.1, 0.15) is 20.8 Å². The molecule has 3 aromatic rings. The Morgan fingerprint density at radius 2 is 2.08 bits per heavy atom. The fourth-order valence-corrected chi connectivity index (χ4v) is 3.71. The van der Waals surface area contributed by atoms with Crippen molar-refractivity contribution in [3.05, 3.63) is 31.4 Å². The molecule has 0 radical (unpaired) electrons. The molecule has 1 N–H and O–H groups in total. The number of amides is 1. The minimum absolute atomic E-state index is 0.451. The van der Waals surface area contributed by atoms with Gasteiger partial charge in [-0.3, -0.25) is 4.90 Å². The molecular formula is C17H16BrClIN3O2. The van der Waals surface area contributed by atoms with Crippen molar-refractivity contribution in [1.29, 1.82) is 0 Å². The van der Waals surface area contributed by atoms with Crippen molar-refractivity contribution in [3.8, 4) is 0 Å². The van der Waals surface area contributed by atoms with Crippen LogP contribution in [0.5, 0.6) is 0 Å². The zero-order valence-corrected chi connectivity index (χ0v) is 18.6. The summed E-state index contributed by atoms with van der Waals surface area (Å²) in [6, 6.07) is 3.76. The Kier molecular flexibility index (Phi) is 4.93. The number of carbonyl (C=O) groups is 1. The Balaban J connectivity index is 2.24. The molecule has 0 saturated heterocycles. The van der Waals surface area contributed by atoms with Crippen LogP contribution < -0.4 is 4.90 Å². The number of nitrogens with one attached hydrogen (secondary N) is 1. The molecule has 0 saturated carbocycles. The summed E-state index contributed by atoms with van der Waals surface area (Å²) in [4.78, 5) is 21.7. The molecule has 0 unspecified atom stereocenters. The van der Waals surface area contributed by atoms with Gasteiger partial charge in [0.05, 0.1) is 16.2 Å². The summed E-state index contributed by atoms with van der Waals surface area (Å²) in [6.07, 6.45) is 1.33. The van der Waals surface area contributed by atoms with Crippen LogP contribution in [0.2, 0.25) is 5.02 Å². The number of halogens is 3. The van der Waals surface area contributed by atoms with Crippen LogP contribution >= 0.6 is 50.1 Å². The molecule has 0 aliphatic carbocycles. The van der Waals surface area contributed by atoms with Crippen molar-refractivity contribution in [2.75, 3.05) is 11.9 Å². The van der Waals surface area contributed by atoms with Gasteiger partial charge in [0.2, 0.25) is 0 Å². The molecule has 3 rings (SSSR count). The van der Waals surface area contributed by atoms with E-state index in [1.807, 2.05) is 26.8 Å². The zero-order valence-electron chi connectivity index (χ0n) is 14.1. The van der Waals surface area contributed by atoms with Gasteiger partial charge >= 0.3 is 6.09 Å². The number of H-pyrrole nitrogens is 1. The minimum atomic E-state index is -0.582. The SMILES string of the molecule is CN(C(=O)OC(C)(C)C)c1cc(Cl)c(Br)c2c1[nH]c1ncc(I)cc12. The second-order valence-corrected chi connectivity index (χ2v) is 9.10. The second-order valence-electron chi connectivity index (χ2n) is 6.66. The van der Waals surface area contributed by atoms with Crippen LogP contribution in [0.15, 0.2) is 22.8 Å². The average Bonchev–Trinajstić information content (AvgIpc) is 2.87. The van der Waals surface area contributed by atoms with Gasteiger partial charge in [-0.05, 0) is 71.4 Å². The molecule has 0 aliphatic rings. The van der Waals surface area contributed by atoms with Crippen molar-refractivity contribution in [2.45, 2.75) is 26.4 Å². The Morgan fingerprint density at radius 1 is 1.40 bits per heavy atom. The van der Waals surface area contributed by atoms with Crippen molar-refractivity contribution in [2.24, 2.45) is 0 Å². The molecule has 0 atom stereocenters. The second kappa shape index (κ2) is 6.59. The number of fused-ring (bicyclic) bond motifs is 3. The van der Waals surface area contributed by atoms with Crippen LogP contribution in [0, 0.1) is 3.57 Å². The largest absolute Gasteiger partial charge is 0.443 e. The van der Waals surface area contributed by atoms with Gasteiger partial charge in [-0.1, -0.05) is 11.6 Å². The molecule has 0 fully saturated rings. The summed E-state index contributed by atoms with van der Waals surface area (Å²) in [5.41, 5.74) is 1.55. The number of hydrogen-bond donors (Lipinski definition) is 1. The van der Waals surface area contributed by atoms with Gasteiger partial charge in [-0.25, -0.2) is 9.78 Å². The van der Waals surface area contributed by atoms with E-state index in [2.05, 4.69) is 48.5 Å². The number of ether oxygens (including phenoxy) is 1. The molecule has 0 aliphatic heterocycles. The van der Waals surface area contributed by atoms with E-state index in [1.165, 1.54) is 4.90 Å². The van der Waals surface area contributed by atoms with E-state index < -0.39 is 11.7 Å². The maximum atomic E-state index is 12.5. The Bertz CT molecular complexity index is 997. The van der Waals surface area contributed by atoms with Crippen molar-refractivity contribution in [3.63, 3.8) is 0 Å². The molecule has 132 valence electrons. The molecule has 1 amide bonds. The summed E-state index contributed by atoms with van der Waals surface area (Å²) in [7, 11) is 1.66. The highest BCUT2D eigenvalue weighted by atomic mass is 127. The summed E-state index contributed by atoms with van der Waals surface area (Å²) in [5.74, 6) is 0. The fourth-order valence-electron chi connectivity index (χ4n) is 2.53. The van der Waals surface area contributed by atoms with Crippen molar-refractivity contribution >= 4 is 83.8 Å². The molecule has 5 nitrogen and oxygen atoms in total. The molecule has 8 heteroatoms. The Labute approximate surface area is 172 Å².